The van der Waals surface area contributed by atoms with Crippen LogP contribution in [-0.2, 0) is 19.6 Å². The van der Waals surface area contributed by atoms with E-state index in [1.807, 2.05) is 13.8 Å². The van der Waals surface area contributed by atoms with Crippen LogP contribution in [0.5, 0.6) is 0 Å². The molecule has 0 aromatic heterocycles. The number of nitrogens with zero attached hydrogens (tertiary/aromatic N) is 1. The largest absolute Gasteiger partial charge is 0.452 e. The Labute approximate surface area is 158 Å². The lowest BCUT2D eigenvalue weighted by molar-refractivity contribution is -0.140. The second-order valence-electron chi connectivity index (χ2n) is 6.36. The summed E-state index contributed by atoms with van der Waals surface area (Å²) in [6.07, 6.45) is 2.90. The highest BCUT2D eigenvalue weighted by molar-refractivity contribution is 7.89. The third-order valence-electron chi connectivity index (χ3n) is 4.55. The summed E-state index contributed by atoms with van der Waals surface area (Å²) >= 11 is 5.98. The molecule has 0 unspecified atom stereocenters. The zero-order valence-corrected chi connectivity index (χ0v) is 16.6. The first kappa shape index (κ1) is 20.7. The van der Waals surface area contributed by atoms with Gasteiger partial charge in [0.25, 0.3) is 5.91 Å². The smallest absolute Gasteiger partial charge is 0.340 e. The van der Waals surface area contributed by atoms with E-state index in [0.29, 0.717) is 0 Å². The van der Waals surface area contributed by atoms with Crippen LogP contribution in [0, 0.1) is 0 Å². The number of carbonyl (C=O) groups is 2. The van der Waals surface area contributed by atoms with Crippen molar-refractivity contribution in [3.63, 3.8) is 0 Å². The fourth-order valence-electron chi connectivity index (χ4n) is 3.14. The van der Waals surface area contributed by atoms with Crippen LogP contribution < -0.4 is 4.72 Å². The predicted molar refractivity (Wildman–Crippen MR) is 97.6 cm³/mol. The topological polar surface area (TPSA) is 92.8 Å². The van der Waals surface area contributed by atoms with Crippen LogP contribution in [0.3, 0.4) is 0 Å². The maximum atomic E-state index is 12.4. The van der Waals surface area contributed by atoms with E-state index in [2.05, 4.69) is 4.72 Å². The molecule has 0 saturated carbocycles. The molecule has 1 aromatic carbocycles. The van der Waals surface area contributed by atoms with Crippen LogP contribution >= 0.6 is 11.6 Å². The molecule has 0 bridgehead atoms. The van der Waals surface area contributed by atoms with Gasteiger partial charge in [0.1, 0.15) is 0 Å². The number of esters is 1. The molecule has 1 aliphatic rings. The van der Waals surface area contributed by atoms with Crippen molar-refractivity contribution in [2.75, 3.05) is 13.7 Å². The molecule has 0 spiro atoms. The number of rotatable bonds is 5. The van der Waals surface area contributed by atoms with E-state index in [1.165, 1.54) is 19.2 Å². The zero-order chi connectivity index (χ0) is 19.5. The summed E-state index contributed by atoms with van der Waals surface area (Å²) in [7, 11) is -2.46. The Morgan fingerprint density at radius 1 is 1.27 bits per heavy atom. The van der Waals surface area contributed by atoms with Crippen molar-refractivity contribution in [2.24, 2.45) is 0 Å². The molecule has 2 rings (SSSR count). The van der Waals surface area contributed by atoms with Gasteiger partial charge in [0.15, 0.2) is 6.61 Å². The summed E-state index contributed by atoms with van der Waals surface area (Å²) < 4.78 is 31.0. The minimum absolute atomic E-state index is 0.0530. The van der Waals surface area contributed by atoms with Gasteiger partial charge in [-0.15, -0.1) is 0 Å². The van der Waals surface area contributed by atoms with E-state index in [0.717, 1.165) is 25.3 Å². The first-order valence-electron chi connectivity index (χ1n) is 8.38. The molecule has 2 atom stereocenters. The van der Waals surface area contributed by atoms with E-state index in [-0.39, 0.29) is 33.5 Å². The molecule has 0 radical (unpaired) electrons. The lowest BCUT2D eigenvalue weighted by atomic mass is 9.97. The predicted octanol–water partition coefficient (Wildman–Crippen LogP) is 2.19. The summed E-state index contributed by atoms with van der Waals surface area (Å²) in [4.78, 5) is 26.3. The summed E-state index contributed by atoms with van der Waals surface area (Å²) in [5.74, 6) is -1.11. The lowest BCUT2D eigenvalue weighted by Crippen LogP contribution is -2.49. The maximum Gasteiger partial charge on any atom is 0.340 e. The van der Waals surface area contributed by atoms with E-state index in [4.69, 9.17) is 16.3 Å². The number of hydrogen-bond donors (Lipinski definition) is 1. The summed E-state index contributed by atoms with van der Waals surface area (Å²) in [6.45, 7) is 3.53. The van der Waals surface area contributed by atoms with Crippen LogP contribution in [0.1, 0.15) is 43.5 Å². The molecule has 1 heterocycles. The highest BCUT2D eigenvalue weighted by Gasteiger charge is 2.29. The van der Waals surface area contributed by atoms with Gasteiger partial charge in [-0.1, -0.05) is 11.6 Å². The monoisotopic (exact) mass is 402 g/mol. The van der Waals surface area contributed by atoms with Gasteiger partial charge in [0, 0.05) is 12.1 Å². The molecule has 1 saturated heterocycles. The average Bonchev–Trinajstić information content (AvgIpc) is 2.59. The molecule has 1 N–H and O–H groups in total. The third-order valence-corrected chi connectivity index (χ3v) is 6.29. The van der Waals surface area contributed by atoms with Gasteiger partial charge in [0.05, 0.1) is 15.5 Å². The third kappa shape index (κ3) is 4.55. The minimum atomic E-state index is -3.73. The first-order valence-corrected chi connectivity index (χ1v) is 10.2. The van der Waals surface area contributed by atoms with Gasteiger partial charge >= 0.3 is 5.97 Å². The molecule has 7 nitrogen and oxygen atoms in total. The van der Waals surface area contributed by atoms with Crippen molar-refractivity contribution in [3.05, 3.63) is 28.8 Å². The van der Waals surface area contributed by atoms with E-state index < -0.39 is 22.6 Å². The number of nitrogens with one attached hydrogen (secondary N) is 1. The molecule has 1 fully saturated rings. The quantitative estimate of drug-likeness (QED) is 0.762. The Morgan fingerprint density at radius 2 is 1.88 bits per heavy atom. The highest BCUT2D eigenvalue weighted by Crippen LogP contribution is 2.24. The fraction of sp³-hybridized carbons (Fsp3) is 0.529. The van der Waals surface area contributed by atoms with E-state index >= 15 is 0 Å². The highest BCUT2D eigenvalue weighted by atomic mass is 35.5. The Hall–Kier alpha value is -1.64. The van der Waals surface area contributed by atoms with Gasteiger partial charge in [-0.05, 0) is 58.4 Å². The van der Waals surface area contributed by atoms with Crippen molar-refractivity contribution >= 4 is 33.5 Å². The van der Waals surface area contributed by atoms with E-state index in [1.54, 1.807) is 4.90 Å². The second-order valence-corrected chi connectivity index (χ2v) is 8.65. The van der Waals surface area contributed by atoms with Crippen molar-refractivity contribution in [2.45, 2.75) is 50.1 Å². The van der Waals surface area contributed by atoms with Gasteiger partial charge in [0.2, 0.25) is 10.0 Å². The molecular weight excluding hydrogens is 380 g/mol. The molecule has 26 heavy (non-hydrogen) atoms. The lowest BCUT2D eigenvalue weighted by Gasteiger charge is -2.38. The Morgan fingerprint density at radius 3 is 2.46 bits per heavy atom. The Balaban J connectivity index is 2.10. The Bertz CT molecular complexity index is 786. The number of halogens is 1. The maximum absolute atomic E-state index is 12.4. The number of amides is 1. The van der Waals surface area contributed by atoms with Gasteiger partial charge in [-0.25, -0.2) is 17.9 Å². The van der Waals surface area contributed by atoms with Crippen molar-refractivity contribution in [3.8, 4) is 0 Å². The Kier molecular flexibility index (Phi) is 6.65. The van der Waals surface area contributed by atoms with Gasteiger partial charge in [-0.3, -0.25) is 4.79 Å². The SMILES string of the molecule is CNS(=O)(=O)c1ccc(Cl)c(C(=O)OCC(=O)N2[C@H](C)CCC[C@@H]2C)c1. The number of benzene rings is 1. The fourth-order valence-corrected chi connectivity index (χ4v) is 4.09. The molecule has 144 valence electrons. The summed E-state index contributed by atoms with van der Waals surface area (Å²) in [6, 6.07) is 3.91. The minimum Gasteiger partial charge on any atom is -0.452 e. The van der Waals surface area contributed by atoms with Crippen molar-refractivity contribution in [1.29, 1.82) is 0 Å². The van der Waals surface area contributed by atoms with Gasteiger partial charge < -0.3 is 9.64 Å². The number of likely N-dealkylation sites (tertiary alicyclic amines) is 1. The average molecular weight is 403 g/mol. The molecule has 9 heteroatoms. The second kappa shape index (κ2) is 8.37. The van der Waals surface area contributed by atoms with Crippen LogP contribution in [0.15, 0.2) is 23.1 Å². The normalized spacial score (nSPS) is 20.7. The summed E-state index contributed by atoms with van der Waals surface area (Å²) in [5.41, 5.74) is -0.101. The number of piperidine rings is 1. The summed E-state index contributed by atoms with van der Waals surface area (Å²) in [5, 5.41) is 0.0530. The molecule has 1 amide bonds. The number of ether oxygens (including phenoxy) is 1. The van der Waals surface area contributed by atoms with Gasteiger partial charge in [-0.2, -0.15) is 0 Å². The molecular formula is C17H23ClN2O5S. The molecule has 1 aromatic rings. The standard InChI is InChI=1S/C17H23ClN2O5S/c1-11-5-4-6-12(2)20(11)16(21)10-25-17(22)14-9-13(7-8-15(14)18)26(23,24)19-3/h7-9,11-12,19H,4-6,10H2,1-3H3/t11-,12+. The van der Waals surface area contributed by atoms with E-state index in [9.17, 15) is 18.0 Å². The van der Waals surface area contributed by atoms with Crippen molar-refractivity contribution < 1.29 is 22.7 Å². The number of hydrogen-bond acceptors (Lipinski definition) is 5. The number of carbonyl (C=O) groups excluding carboxylic acids is 2. The first-order chi connectivity index (χ1) is 12.2. The molecule has 1 aliphatic heterocycles. The van der Waals surface area contributed by atoms with Crippen molar-refractivity contribution in [1.82, 2.24) is 9.62 Å². The number of sulfonamides is 1. The molecule has 0 aliphatic carbocycles. The van der Waals surface area contributed by atoms with Crippen LogP contribution in [0.4, 0.5) is 0 Å². The van der Waals surface area contributed by atoms with Crippen LogP contribution in [-0.4, -0.2) is 50.9 Å². The van der Waals surface area contributed by atoms with Crippen LogP contribution in [0.2, 0.25) is 5.02 Å². The van der Waals surface area contributed by atoms with Crippen LogP contribution in [0.25, 0.3) is 0 Å². The zero-order valence-electron chi connectivity index (χ0n) is 15.0.